The molecular weight excluding hydrogens is 324 g/mol. The van der Waals surface area contributed by atoms with Gasteiger partial charge in [0.2, 0.25) is 0 Å². The highest BCUT2D eigenvalue weighted by atomic mass is 79.9. The van der Waals surface area contributed by atoms with Crippen LogP contribution in [0.15, 0.2) is 22.7 Å². The fraction of sp³-hybridized carbons (Fsp3) is 0.429. The topological polar surface area (TPSA) is 69.6 Å². The van der Waals surface area contributed by atoms with Crippen molar-refractivity contribution in [1.82, 2.24) is 4.90 Å². The molecule has 1 rings (SSSR count). The van der Waals surface area contributed by atoms with Crippen LogP contribution < -0.4 is 5.32 Å². The molecule has 0 saturated carbocycles. The van der Waals surface area contributed by atoms with Crippen LogP contribution in [0.4, 0.5) is 10.5 Å². The predicted octanol–water partition coefficient (Wildman–Crippen LogP) is 3.66. The van der Waals surface area contributed by atoms with Crippen LogP contribution in [0.25, 0.3) is 0 Å². The highest BCUT2D eigenvalue weighted by molar-refractivity contribution is 9.10. The Morgan fingerprint density at radius 3 is 2.45 bits per heavy atom. The van der Waals surface area contributed by atoms with Crippen molar-refractivity contribution in [3.63, 3.8) is 0 Å². The second kappa shape index (κ2) is 6.26. The summed E-state index contributed by atoms with van der Waals surface area (Å²) in [6.07, 6.45) is 0. The van der Waals surface area contributed by atoms with Gasteiger partial charge < -0.3 is 15.3 Å². The molecule has 0 bridgehead atoms. The third-order valence-corrected chi connectivity index (χ3v) is 3.20. The van der Waals surface area contributed by atoms with Gasteiger partial charge in [0.1, 0.15) is 0 Å². The summed E-state index contributed by atoms with van der Waals surface area (Å²) < 4.78 is 0.478. The van der Waals surface area contributed by atoms with Crippen LogP contribution in [0.2, 0.25) is 0 Å². The normalized spacial score (nSPS) is 11.1. The van der Waals surface area contributed by atoms with Crippen LogP contribution >= 0.6 is 15.9 Å². The molecular formula is C14H19BrN2O3. The first-order valence-electron chi connectivity index (χ1n) is 6.15. The van der Waals surface area contributed by atoms with Gasteiger partial charge in [0.15, 0.2) is 0 Å². The molecule has 0 heterocycles. The second-order valence-corrected chi connectivity index (χ2v) is 6.70. The van der Waals surface area contributed by atoms with Crippen molar-refractivity contribution >= 4 is 33.6 Å². The zero-order chi connectivity index (χ0) is 15.5. The molecule has 110 valence electrons. The summed E-state index contributed by atoms with van der Waals surface area (Å²) in [5.41, 5.74) is 0.565. The molecule has 2 amide bonds. The van der Waals surface area contributed by atoms with E-state index < -0.39 is 5.97 Å². The molecule has 0 aliphatic heterocycles. The van der Waals surface area contributed by atoms with E-state index in [1.165, 1.54) is 6.07 Å². The molecule has 0 saturated heterocycles. The quantitative estimate of drug-likeness (QED) is 0.880. The number of anilines is 1. The largest absolute Gasteiger partial charge is 0.478 e. The fourth-order valence-corrected chi connectivity index (χ4v) is 2.19. The van der Waals surface area contributed by atoms with E-state index in [1.807, 2.05) is 20.8 Å². The lowest BCUT2D eigenvalue weighted by atomic mass is 9.96. The average Bonchev–Trinajstić information content (AvgIpc) is 2.28. The maximum atomic E-state index is 12.0. The Hall–Kier alpha value is -1.56. The Morgan fingerprint density at radius 1 is 1.35 bits per heavy atom. The lowest BCUT2D eigenvalue weighted by Gasteiger charge is -2.26. The highest BCUT2D eigenvalue weighted by Gasteiger charge is 2.18. The molecule has 6 heteroatoms. The van der Waals surface area contributed by atoms with E-state index in [0.29, 0.717) is 16.7 Å². The molecule has 0 fully saturated rings. The number of halogens is 1. The van der Waals surface area contributed by atoms with Crippen molar-refractivity contribution in [2.45, 2.75) is 20.8 Å². The molecule has 0 aromatic heterocycles. The minimum absolute atomic E-state index is 0.00195. The third-order valence-electron chi connectivity index (χ3n) is 2.51. The monoisotopic (exact) mass is 342 g/mol. The number of carboxylic acids is 1. The molecule has 0 unspecified atom stereocenters. The van der Waals surface area contributed by atoms with E-state index in [4.69, 9.17) is 5.11 Å². The SMILES string of the molecule is CN(CC(C)(C)C)C(=O)Nc1ccc(Br)c(C(=O)O)c1. The number of hydrogen-bond donors (Lipinski definition) is 2. The molecule has 0 aliphatic carbocycles. The number of rotatable bonds is 3. The molecule has 0 radical (unpaired) electrons. The van der Waals surface area contributed by atoms with Crippen LogP contribution in [0, 0.1) is 5.41 Å². The minimum atomic E-state index is -1.05. The molecule has 0 aliphatic rings. The van der Waals surface area contributed by atoms with Crippen molar-refractivity contribution < 1.29 is 14.7 Å². The van der Waals surface area contributed by atoms with E-state index in [1.54, 1.807) is 24.1 Å². The summed E-state index contributed by atoms with van der Waals surface area (Å²) in [5, 5.41) is 11.7. The number of nitrogens with one attached hydrogen (secondary N) is 1. The van der Waals surface area contributed by atoms with E-state index >= 15 is 0 Å². The van der Waals surface area contributed by atoms with Crippen molar-refractivity contribution in [1.29, 1.82) is 0 Å². The smallest absolute Gasteiger partial charge is 0.336 e. The van der Waals surface area contributed by atoms with Crippen molar-refractivity contribution in [2.24, 2.45) is 5.41 Å². The van der Waals surface area contributed by atoms with Gasteiger partial charge in [-0.15, -0.1) is 0 Å². The van der Waals surface area contributed by atoms with Gasteiger partial charge in [-0.1, -0.05) is 20.8 Å². The van der Waals surface area contributed by atoms with Crippen LogP contribution in [0.3, 0.4) is 0 Å². The maximum absolute atomic E-state index is 12.0. The van der Waals surface area contributed by atoms with E-state index in [0.717, 1.165) is 0 Å². The first kappa shape index (κ1) is 16.5. The second-order valence-electron chi connectivity index (χ2n) is 5.85. The first-order chi connectivity index (χ1) is 9.10. The van der Waals surface area contributed by atoms with Gasteiger partial charge in [-0.3, -0.25) is 0 Å². The van der Waals surface area contributed by atoms with Crippen molar-refractivity contribution in [2.75, 3.05) is 18.9 Å². The van der Waals surface area contributed by atoms with Gasteiger partial charge >= 0.3 is 12.0 Å². The van der Waals surface area contributed by atoms with Crippen LogP contribution in [0.5, 0.6) is 0 Å². The molecule has 0 atom stereocenters. The van der Waals surface area contributed by atoms with Crippen LogP contribution in [0.1, 0.15) is 31.1 Å². The van der Waals surface area contributed by atoms with E-state index in [9.17, 15) is 9.59 Å². The Labute approximate surface area is 127 Å². The summed E-state index contributed by atoms with van der Waals surface area (Å²) in [4.78, 5) is 24.6. The maximum Gasteiger partial charge on any atom is 0.336 e. The Balaban J connectivity index is 2.81. The molecule has 0 spiro atoms. The van der Waals surface area contributed by atoms with Gasteiger partial charge in [0.25, 0.3) is 0 Å². The van der Waals surface area contributed by atoms with Gasteiger partial charge in [-0.2, -0.15) is 0 Å². The predicted molar refractivity (Wildman–Crippen MR) is 82.2 cm³/mol. The Bertz CT molecular complexity index is 524. The number of aromatic carboxylic acids is 1. The zero-order valence-corrected chi connectivity index (χ0v) is 13.6. The Kier molecular flexibility index (Phi) is 5.16. The summed E-state index contributed by atoms with van der Waals surface area (Å²) in [6, 6.07) is 4.41. The summed E-state index contributed by atoms with van der Waals surface area (Å²) in [5.74, 6) is -1.05. The number of carbonyl (C=O) groups excluding carboxylic acids is 1. The lowest BCUT2D eigenvalue weighted by Crippen LogP contribution is -2.37. The summed E-state index contributed by atoms with van der Waals surface area (Å²) in [6.45, 7) is 6.72. The van der Waals surface area contributed by atoms with Crippen molar-refractivity contribution in [3.8, 4) is 0 Å². The number of hydrogen-bond acceptors (Lipinski definition) is 2. The molecule has 1 aromatic carbocycles. The standard InChI is InChI=1S/C14H19BrN2O3/c1-14(2,3)8-17(4)13(20)16-9-5-6-11(15)10(7-9)12(18)19/h5-7H,8H2,1-4H3,(H,16,20)(H,18,19). The van der Waals surface area contributed by atoms with Gasteiger partial charge in [0, 0.05) is 23.8 Å². The van der Waals surface area contributed by atoms with Gasteiger partial charge in [0.05, 0.1) is 5.56 Å². The van der Waals surface area contributed by atoms with E-state index in [2.05, 4.69) is 21.2 Å². The molecule has 5 nitrogen and oxygen atoms in total. The molecule has 2 N–H and O–H groups in total. The third kappa shape index (κ3) is 4.85. The number of urea groups is 1. The van der Waals surface area contributed by atoms with Crippen molar-refractivity contribution in [3.05, 3.63) is 28.2 Å². The summed E-state index contributed by atoms with van der Waals surface area (Å²) in [7, 11) is 1.71. The summed E-state index contributed by atoms with van der Waals surface area (Å²) >= 11 is 3.16. The lowest BCUT2D eigenvalue weighted by molar-refractivity contribution is 0.0696. The number of carbonyl (C=O) groups is 2. The number of carboxylic acid groups (broad SMARTS) is 1. The number of amides is 2. The number of nitrogens with zero attached hydrogens (tertiary/aromatic N) is 1. The van der Waals surface area contributed by atoms with Crippen LogP contribution in [-0.4, -0.2) is 35.6 Å². The van der Waals surface area contributed by atoms with Gasteiger partial charge in [-0.05, 0) is 39.5 Å². The highest BCUT2D eigenvalue weighted by Crippen LogP contribution is 2.22. The zero-order valence-electron chi connectivity index (χ0n) is 12.0. The molecule has 1 aromatic rings. The average molecular weight is 343 g/mol. The van der Waals surface area contributed by atoms with E-state index in [-0.39, 0.29) is 17.0 Å². The van der Waals surface area contributed by atoms with Gasteiger partial charge in [-0.25, -0.2) is 9.59 Å². The minimum Gasteiger partial charge on any atom is -0.478 e. The fourth-order valence-electron chi connectivity index (χ4n) is 1.77. The Morgan fingerprint density at radius 2 is 1.95 bits per heavy atom. The van der Waals surface area contributed by atoms with Crippen LogP contribution in [-0.2, 0) is 0 Å². The first-order valence-corrected chi connectivity index (χ1v) is 6.94. The number of benzene rings is 1. The molecule has 20 heavy (non-hydrogen) atoms.